The van der Waals surface area contributed by atoms with Crippen LogP contribution in [0, 0.1) is 0 Å². The van der Waals surface area contributed by atoms with E-state index in [0.717, 1.165) is 24.3 Å². The average molecular weight is 372 g/mol. The highest BCUT2D eigenvalue weighted by Crippen LogP contribution is 2.35. The Morgan fingerprint density at radius 3 is 3.04 bits per heavy atom. The summed E-state index contributed by atoms with van der Waals surface area (Å²) in [6.07, 6.45) is 3.24. The lowest BCUT2D eigenvalue weighted by Crippen LogP contribution is -2.51. The quantitative estimate of drug-likeness (QED) is 0.900. The fourth-order valence-electron chi connectivity index (χ4n) is 3.80. The number of amides is 2. The van der Waals surface area contributed by atoms with E-state index in [1.807, 2.05) is 11.8 Å². The van der Waals surface area contributed by atoms with Gasteiger partial charge in [0.05, 0.1) is 31.5 Å². The molecule has 1 unspecified atom stereocenters. The summed E-state index contributed by atoms with van der Waals surface area (Å²) in [6.45, 7) is 4.41. The second-order valence-electron chi connectivity index (χ2n) is 7.10. The second kappa shape index (κ2) is 7.76. The SMILES string of the molecule is C[C@@H]1COCCN1C(=O)NCc1nc2c(s1)CC(c1ccccc1)CC2. The topological polar surface area (TPSA) is 54.5 Å². The first-order chi connectivity index (χ1) is 12.7. The minimum Gasteiger partial charge on any atom is -0.377 e. The minimum absolute atomic E-state index is 0.0175. The van der Waals surface area contributed by atoms with E-state index in [9.17, 15) is 4.79 Å². The van der Waals surface area contributed by atoms with Crippen molar-refractivity contribution >= 4 is 17.4 Å². The van der Waals surface area contributed by atoms with Gasteiger partial charge in [-0.15, -0.1) is 11.3 Å². The summed E-state index contributed by atoms with van der Waals surface area (Å²) in [4.78, 5) is 20.4. The maximum Gasteiger partial charge on any atom is 0.318 e. The van der Waals surface area contributed by atoms with Crippen LogP contribution in [0.1, 0.15) is 40.4 Å². The summed E-state index contributed by atoms with van der Waals surface area (Å²) < 4.78 is 5.39. The highest BCUT2D eigenvalue weighted by molar-refractivity contribution is 7.11. The van der Waals surface area contributed by atoms with Gasteiger partial charge in [-0.2, -0.15) is 0 Å². The number of fused-ring (bicyclic) bond motifs is 1. The number of nitrogens with zero attached hydrogens (tertiary/aromatic N) is 2. The molecule has 1 aromatic carbocycles. The summed E-state index contributed by atoms with van der Waals surface area (Å²) in [5.74, 6) is 0.584. The van der Waals surface area contributed by atoms with Crippen LogP contribution in [-0.2, 0) is 24.1 Å². The normalized spacial score (nSPS) is 22.7. The van der Waals surface area contributed by atoms with Gasteiger partial charge >= 0.3 is 6.03 Å². The second-order valence-corrected chi connectivity index (χ2v) is 8.27. The van der Waals surface area contributed by atoms with Crippen molar-refractivity contribution in [2.45, 2.75) is 44.7 Å². The lowest BCUT2D eigenvalue weighted by molar-refractivity contribution is 0.0190. The lowest BCUT2D eigenvalue weighted by atomic mass is 9.85. The summed E-state index contributed by atoms with van der Waals surface area (Å²) in [5.41, 5.74) is 2.65. The fourth-order valence-corrected chi connectivity index (χ4v) is 4.93. The molecule has 0 bridgehead atoms. The number of rotatable bonds is 3. The number of nitrogens with one attached hydrogen (secondary N) is 1. The van der Waals surface area contributed by atoms with Crippen LogP contribution in [0.4, 0.5) is 4.79 Å². The number of carbonyl (C=O) groups excluding carboxylic acids is 1. The van der Waals surface area contributed by atoms with Gasteiger partial charge in [0.15, 0.2) is 0 Å². The monoisotopic (exact) mass is 371 g/mol. The lowest BCUT2D eigenvalue weighted by Gasteiger charge is -2.33. The molecule has 5 nitrogen and oxygen atoms in total. The van der Waals surface area contributed by atoms with E-state index in [1.165, 1.54) is 16.1 Å². The van der Waals surface area contributed by atoms with Gasteiger partial charge in [-0.3, -0.25) is 0 Å². The van der Waals surface area contributed by atoms with Crippen molar-refractivity contribution in [3.63, 3.8) is 0 Å². The van der Waals surface area contributed by atoms with Crippen LogP contribution in [0.2, 0.25) is 0 Å². The van der Waals surface area contributed by atoms with Crippen molar-refractivity contribution in [2.24, 2.45) is 0 Å². The van der Waals surface area contributed by atoms with Crippen LogP contribution in [0.25, 0.3) is 0 Å². The number of hydrogen-bond donors (Lipinski definition) is 1. The predicted molar refractivity (Wildman–Crippen MR) is 103 cm³/mol. The zero-order valence-electron chi connectivity index (χ0n) is 15.1. The molecule has 1 aliphatic carbocycles. The number of benzene rings is 1. The number of aromatic nitrogens is 1. The van der Waals surface area contributed by atoms with Crippen LogP contribution in [0.3, 0.4) is 0 Å². The molecule has 2 atom stereocenters. The van der Waals surface area contributed by atoms with Gasteiger partial charge in [0.1, 0.15) is 5.01 Å². The number of hydrogen-bond acceptors (Lipinski definition) is 4. The van der Waals surface area contributed by atoms with E-state index >= 15 is 0 Å². The fraction of sp³-hybridized carbons (Fsp3) is 0.500. The van der Waals surface area contributed by atoms with Crippen LogP contribution in [0.5, 0.6) is 0 Å². The molecule has 2 heterocycles. The van der Waals surface area contributed by atoms with E-state index < -0.39 is 0 Å². The Bertz CT molecular complexity index is 762. The molecular formula is C20H25N3O2S. The van der Waals surface area contributed by atoms with E-state index in [0.29, 0.717) is 32.2 Å². The summed E-state index contributed by atoms with van der Waals surface area (Å²) in [5, 5.41) is 4.04. The van der Waals surface area contributed by atoms with Gasteiger partial charge in [0.25, 0.3) is 0 Å². The van der Waals surface area contributed by atoms with Gasteiger partial charge in [-0.25, -0.2) is 9.78 Å². The third kappa shape index (κ3) is 3.76. The van der Waals surface area contributed by atoms with Crippen molar-refractivity contribution in [2.75, 3.05) is 19.8 Å². The third-order valence-electron chi connectivity index (χ3n) is 5.27. The molecule has 1 aliphatic heterocycles. The molecule has 0 saturated carbocycles. The van der Waals surface area contributed by atoms with Crippen LogP contribution >= 0.6 is 11.3 Å². The summed E-state index contributed by atoms with van der Waals surface area (Å²) >= 11 is 1.75. The molecule has 2 aromatic rings. The first-order valence-corrected chi connectivity index (χ1v) is 10.2. The molecule has 2 amide bonds. The Morgan fingerprint density at radius 1 is 1.38 bits per heavy atom. The molecule has 26 heavy (non-hydrogen) atoms. The van der Waals surface area contributed by atoms with Crippen molar-refractivity contribution in [3.05, 3.63) is 51.5 Å². The Morgan fingerprint density at radius 2 is 2.23 bits per heavy atom. The van der Waals surface area contributed by atoms with Gasteiger partial charge in [-0.05, 0) is 37.7 Å². The number of thiazole rings is 1. The largest absolute Gasteiger partial charge is 0.377 e. The third-order valence-corrected chi connectivity index (χ3v) is 6.39. The molecule has 138 valence electrons. The Balaban J connectivity index is 1.37. The maximum atomic E-state index is 12.4. The smallest absolute Gasteiger partial charge is 0.318 e. The van der Waals surface area contributed by atoms with Gasteiger partial charge in [0.2, 0.25) is 0 Å². The van der Waals surface area contributed by atoms with Gasteiger partial charge in [0, 0.05) is 11.4 Å². The molecule has 1 N–H and O–H groups in total. The summed E-state index contributed by atoms with van der Waals surface area (Å²) in [7, 11) is 0. The molecule has 6 heteroatoms. The van der Waals surface area contributed by atoms with Gasteiger partial charge in [-0.1, -0.05) is 30.3 Å². The molecule has 0 radical (unpaired) electrons. The van der Waals surface area contributed by atoms with Crippen molar-refractivity contribution in [1.82, 2.24) is 15.2 Å². The van der Waals surface area contributed by atoms with Crippen molar-refractivity contribution in [3.8, 4) is 0 Å². The highest BCUT2D eigenvalue weighted by Gasteiger charge is 2.25. The number of morpholine rings is 1. The zero-order chi connectivity index (χ0) is 17.9. The summed E-state index contributed by atoms with van der Waals surface area (Å²) in [6, 6.07) is 10.9. The molecule has 2 aliphatic rings. The van der Waals surface area contributed by atoms with E-state index in [1.54, 1.807) is 11.3 Å². The van der Waals surface area contributed by atoms with Crippen LogP contribution in [0.15, 0.2) is 30.3 Å². The Kier molecular flexibility index (Phi) is 5.22. The minimum atomic E-state index is -0.0175. The number of urea groups is 1. The number of carbonyl (C=O) groups is 1. The Hall–Kier alpha value is -1.92. The standard InChI is InChI=1S/C20H25N3O2S/c1-14-13-25-10-9-23(14)20(24)21-12-19-22-17-8-7-16(11-18(17)26-19)15-5-3-2-4-6-15/h2-6,14,16H,7-13H2,1H3,(H,21,24)/t14-,16?/m1/s1. The van der Waals surface area contributed by atoms with Gasteiger partial charge < -0.3 is 15.0 Å². The first kappa shape index (κ1) is 17.5. The molecule has 0 spiro atoms. The van der Waals surface area contributed by atoms with E-state index in [-0.39, 0.29) is 12.1 Å². The molecule has 4 rings (SSSR count). The van der Waals surface area contributed by atoms with Crippen molar-refractivity contribution in [1.29, 1.82) is 0 Å². The number of ether oxygens (including phenoxy) is 1. The maximum absolute atomic E-state index is 12.4. The van der Waals surface area contributed by atoms with Crippen molar-refractivity contribution < 1.29 is 9.53 Å². The zero-order valence-corrected chi connectivity index (χ0v) is 15.9. The average Bonchev–Trinajstić information content (AvgIpc) is 3.09. The van der Waals surface area contributed by atoms with E-state index in [2.05, 4.69) is 35.6 Å². The predicted octanol–water partition coefficient (Wildman–Crippen LogP) is 3.35. The highest BCUT2D eigenvalue weighted by atomic mass is 32.1. The Labute approximate surface area is 158 Å². The van der Waals surface area contributed by atoms with Crippen LogP contribution in [-0.4, -0.2) is 41.7 Å². The molecule has 1 fully saturated rings. The molecule has 1 saturated heterocycles. The first-order valence-electron chi connectivity index (χ1n) is 9.35. The number of aryl methyl sites for hydroxylation is 1. The molecular weight excluding hydrogens is 346 g/mol. The molecule has 1 aromatic heterocycles. The van der Waals surface area contributed by atoms with Crippen LogP contribution < -0.4 is 5.32 Å². The van der Waals surface area contributed by atoms with E-state index in [4.69, 9.17) is 9.72 Å².